The summed E-state index contributed by atoms with van der Waals surface area (Å²) in [5.74, 6) is 0.327. The molecule has 1 rings (SSSR count). The molecule has 2 unspecified atom stereocenters. The fourth-order valence-electron chi connectivity index (χ4n) is 2.33. The zero-order valence-corrected chi connectivity index (χ0v) is 13.3. The predicted molar refractivity (Wildman–Crippen MR) is 78.5 cm³/mol. The second-order valence-corrected chi connectivity index (χ2v) is 5.71. The van der Waals surface area contributed by atoms with E-state index >= 15 is 0 Å². The Balaban J connectivity index is 2.85. The minimum Gasteiger partial charge on any atom is -0.386 e. The van der Waals surface area contributed by atoms with Gasteiger partial charge in [0.25, 0.3) is 0 Å². The molecule has 3 nitrogen and oxygen atoms in total. The molecule has 18 heavy (non-hydrogen) atoms. The smallest absolute Gasteiger partial charge is 0.0996 e. The van der Waals surface area contributed by atoms with Gasteiger partial charge in [0.1, 0.15) is 0 Å². The van der Waals surface area contributed by atoms with Gasteiger partial charge in [-0.05, 0) is 34.7 Å². The fourth-order valence-corrected chi connectivity index (χ4v) is 2.86. The number of rotatable bonds is 8. The zero-order chi connectivity index (χ0) is 13.5. The van der Waals surface area contributed by atoms with Crippen LogP contribution in [0.3, 0.4) is 0 Å². The zero-order valence-electron chi connectivity index (χ0n) is 11.7. The molecule has 0 bridgehead atoms. The summed E-state index contributed by atoms with van der Waals surface area (Å²) in [6.45, 7) is 7.33. The molecule has 1 heterocycles. The summed E-state index contributed by atoms with van der Waals surface area (Å²) in [4.78, 5) is 0. The summed E-state index contributed by atoms with van der Waals surface area (Å²) in [6.07, 6.45) is 6.85. The molecule has 1 aromatic heterocycles. The third kappa shape index (κ3) is 3.82. The molecule has 104 valence electrons. The molecule has 0 saturated carbocycles. The number of aromatic nitrogens is 2. The Morgan fingerprint density at radius 3 is 2.61 bits per heavy atom. The van der Waals surface area contributed by atoms with Gasteiger partial charge in [-0.25, -0.2) is 0 Å². The lowest BCUT2D eigenvalue weighted by Crippen LogP contribution is -2.17. The number of unbranched alkanes of at least 4 members (excludes halogenated alkanes) is 1. The van der Waals surface area contributed by atoms with E-state index in [1.807, 2.05) is 4.68 Å². The van der Waals surface area contributed by atoms with Crippen molar-refractivity contribution >= 4 is 15.9 Å². The summed E-state index contributed by atoms with van der Waals surface area (Å²) in [5, 5.41) is 14.9. The molecule has 0 fully saturated rings. The molecule has 1 aromatic rings. The molecule has 1 N–H and O–H groups in total. The van der Waals surface area contributed by atoms with E-state index in [0.29, 0.717) is 5.92 Å². The summed E-state index contributed by atoms with van der Waals surface area (Å²) >= 11 is 3.51. The van der Waals surface area contributed by atoms with E-state index in [1.54, 1.807) is 6.20 Å². The van der Waals surface area contributed by atoms with Crippen LogP contribution in [0.1, 0.15) is 64.7 Å². The van der Waals surface area contributed by atoms with Crippen LogP contribution < -0.4 is 0 Å². The molecule has 2 atom stereocenters. The average Bonchev–Trinajstić information content (AvgIpc) is 2.72. The predicted octanol–water partition coefficient (Wildman–Crippen LogP) is 4.31. The quantitative estimate of drug-likeness (QED) is 0.776. The molecule has 0 amide bonds. The van der Waals surface area contributed by atoms with Gasteiger partial charge in [0.2, 0.25) is 0 Å². The van der Waals surface area contributed by atoms with E-state index in [-0.39, 0.29) is 0 Å². The molecule has 0 saturated heterocycles. The lowest BCUT2D eigenvalue weighted by atomic mass is 9.91. The van der Waals surface area contributed by atoms with Gasteiger partial charge in [-0.3, -0.25) is 4.68 Å². The fraction of sp³-hybridized carbons (Fsp3) is 0.786. The summed E-state index contributed by atoms with van der Waals surface area (Å²) in [6, 6.07) is 0. The number of aryl methyl sites for hydroxylation is 1. The maximum atomic E-state index is 10.6. The molecule has 0 radical (unpaired) electrons. The normalized spacial score (nSPS) is 14.7. The number of hydrogen-bond donors (Lipinski definition) is 1. The van der Waals surface area contributed by atoms with Gasteiger partial charge < -0.3 is 5.11 Å². The van der Waals surface area contributed by atoms with Crippen molar-refractivity contribution in [3.05, 3.63) is 16.4 Å². The van der Waals surface area contributed by atoms with Crippen molar-refractivity contribution in [2.75, 3.05) is 0 Å². The largest absolute Gasteiger partial charge is 0.386 e. The summed E-state index contributed by atoms with van der Waals surface area (Å²) in [5.41, 5.74) is 0.944. The van der Waals surface area contributed by atoms with Crippen LogP contribution in [0.5, 0.6) is 0 Å². The molecule has 0 aromatic carbocycles. The third-order valence-electron chi connectivity index (χ3n) is 3.45. The van der Waals surface area contributed by atoms with Crippen LogP contribution in [0, 0.1) is 5.92 Å². The van der Waals surface area contributed by atoms with Crippen molar-refractivity contribution in [1.82, 2.24) is 9.78 Å². The first-order valence-electron chi connectivity index (χ1n) is 7.04. The van der Waals surface area contributed by atoms with Gasteiger partial charge in [-0.1, -0.05) is 40.0 Å². The molecular weight excluding hydrogens is 292 g/mol. The van der Waals surface area contributed by atoms with Crippen LogP contribution >= 0.6 is 15.9 Å². The Hall–Kier alpha value is -0.350. The standard InChI is InChI=1S/C14H25BrN2O/c1-4-7-8-11(6-3)14(18)13-12(15)10-16-17(13)9-5-2/h10-11,14,18H,4-9H2,1-3H3. The first-order valence-corrected chi connectivity index (χ1v) is 7.84. The Morgan fingerprint density at radius 1 is 1.33 bits per heavy atom. The van der Waals surface area contributed by atoms with Crippen molar-refractivity contribution in [2.24, 2.45) is 5.92 Å². The average molecular weight is 317 g/mol. The third-order valence-corrected chi connectivity index (χ3v) is 4.06. The van der Waals surface area contributed by atoms with Crippen LogP contribution in [0.2, 0.25) is 0 Å². The van der Waals surface area contributed by atoms with E-state index in [9.17, 15) is 5.11 Å². The van der Waals surface area contributed by atoms with Gasteiger partial charge in [-0.2, -0.15) is 5.10 Å². The second kappa shape index (κ2) is 7.95. The first kappa shape index (κ1) is 15.7. The number of aliphatic hydroxyl groups excluding tert-OH is 1. The Morgan fingerprint density at radius 2 is 2.06 bits per heavy atom. The van der Waals surface area contributed by atoms with Crippen LogP contribution in [0.15, 0.2) is 10.7 Å². The summed E-state index contributed by atoms with van der Waals surface area (Å²) in [7, 11) is 0. The van der Waals surface area contributed by atoms with Crippen molar-refractivity contribution in [2.45, 2.75) is 65.5 Å². The lowest BCUT2D eigenvalue weighted by molar-refractivity contribution is 0.0893. The molecule has 0 spiro atoms. The van der Waals surface area contributed by atoms with Gasteiger partial charge in [-0.15, -0.1) is 0 Å². The van der Waals surface area contributed by atoms with E-state index in [0.717, 1.165) is 36.0 Å². The monoisotopic (exact) mass is 316 g/mol. The molecule has 0 aliphatic rings. The Kier molecular flexibility index (Phi) is 6.94. The van der Waals surface area contributed by atoms with E-state index < -0.39 is 6.10 Å². The van der Waals surface area contributed by atoms with Crippen molar-refractivity contribution < 1.29 is 5.11 Å². The van der Waals surface area contributed by atoms with Gasteiger partial charge >= 0.3 is 0 Å². The number of nitrogens with zero attached hydrogens (tertiary/aromatic N) is 2. The molecule has 0 aliphatic heterocycles. The maximum absolute atomic E-state index is 10.6. The topological polar surface area (TPSA) is 38.1 Å². The molecular formula is C14H25BrN2O. The van der Waals surface area contributed by atoms with Crippen LogP contribution in [-0.2, 0) is 6.54 Å². The molecule has 0 aliphatic carbocycles. The minimum atomic E-state index is -0.412. The Labute approximate surface area is 119 Å². The van der Waals surface area contributed by atoms with Crippen LogP contribution in [0.4, 0.5) is 0 Å². The lowest BCUT2D eigenvalue weighted by Gasteiger charge is -2.23. The highest BCUT2D eigenvalue weighted by atomic mass is 79.9. The van der Waals surface area contributed by atoms with E-state index in [1.165, 1.54) is 12.8 Å². The van der Waals surface area contributed by atoms with Crippen LogP contribution in [-0.4, -0.2) is 14.9 Å². The van der Waals surface area contributed by atoms with Gasteiger partial charge in [0, 0.05) is 6.54 Å². The van der Waals surface area contributed by atoms with E-state index in [4.69, 9.17) is 0 Å². The molecule has 4 heteroatoms. The number of aliphatic hydroxyl groups is 1. The van der Waals surface area contributed by atoms with Crippen molar-refractivity contribution in [1.29, 1.82) is 0 Å². The van der Waals surface area contributed by atoms with Gasteiger partial charge in [0.15, 0.2) is 0 Å². The maximum Gasteiger partial charge on any atom is 0.0996 e. The SMILES string of the molecule is CCCCC(CC)C(O)c1c(Br)cnn1CCC. The highest BCUT2D eigenvalue weighted by Crippen LogP contribution is 2.33. The first-order chi connectivity index (χ1) is 8.65. The highest BCUT2D eigenvalue weighted by molar-refractivity contribution is 9.10. The Bertz CT molecular complexity index is 352. The van der Waals surface area contributed by atoms with Crippen molar-refractivity contribution in [3.63, 3.8) is 0 Å². The second-order valence-electron chi connectivity index (χ2n) is 4.86. The number of halogens is 1. The minimum absolute atomic E-state index is 0.327. The van der Waals surface area contributed by atoms with E-state index in [2.05, 4.69) is 41.8 Å². The summed E-state index contributed by atoms with van der Waals surface area (Å²) < 4.78 is 2.86. The van der Waals surface area contributed by atoms with Gasteiger partial charge in [0.05, 0.1) is 22.5 Å². The number of hydrogen-bond acceptors (Lipinski definition) is 2. The highest BCUT2D eigenvalue weighted by Gasteiger charge is 2.24. The van der Waals surface area contributed by atoms with Crippen molar-refractivity contribution in [3.8, 4) is 0 Å². The van der Waals surface area contributed by atoms with Crippen LogP contribution in [0.25, 0.3) is 0 Å².